The summed E-state index contributed by atoms with van der Waals surface area (Å²) in [6.45, 7) is 6.90. The van der Waals surface area contributed by atoms with Gasteiger partial charge in [-0.1, -0.05) is 13.8 Å². The van der Waals surface area contributed by atoms with E-state index < -0.39 is 0 Å². The van der Waals surface area contributed by atoms with Gasteiger partial charge >= 0.3 is 0 Å². The van der Waals surface area contributed by atoms with Gasteiger partial charge in [-0.05, 0) is 31.7 Å². The van der Waals surface area contributed by atoms with E-state index in [9.17, 15) is 0 Å². The molecule has 72 valence electrons. The number of likely N-dealkylation sites (tertiary alicyclic amines) is 1. The van der Waals surface area contributed by atoms with Crippen molar-refractivity contribution in [1.29, 1.82) is 0 Å². The van der Waals surface area contributed by atoms with Crippen LogP contribution < -0.4 is 5.73 Å². The second kappa shape index (κ2) is 4.24. The normalized spacial score (nSPS) is 32.8. The number of hydrogen-bond donors (Lipinski definition) is 1. The molecule has 0 spiro atoms. The van der Waals surface area contributed by atoms with Crippen LogP contribution in [-0.2, 0) is 0 Å². The molecule has 0 aliphatic carbocycles. The van der Waals surface area contributed by atoms with Gasteiger partial charge in [0.15, 0.2) is 0 Å². The minimum absolute atomic E-state index is 0.410. The third kappa shape index (κ3) is 3.11. The van der Waals surface area contributed by atoms with Crippen LogP contribution in [0.2, 0.25) is 0 Å². The molecule has 0 aromatic rings. The van der Waals surface area contributed by atoms with Crippen LogP contribution in [0, 0.1) is 11.8 Å². The van der Waals surface area contributed by atoms with Gasteiger partial charge in [-0.3, -0.25) is 0 Å². The standard InChI is InChI=1S/C10H22N2/c1-8(2)4-9-5-10(11)7-12(3)6-9/h8-10H,4-7,11H2,1-3H3. The summed E-state index contributed by atoms with van der Waals surface area (Å²) in [5.41, 5.74) is 5.95. The summed E-state index contributed by atoms with van der Waals surface area (Å²) in [4.78, 5) is 2.36. The first-order chi connectivity index (χ1) is 5.58. The van der Waals surface area contributed by atoms with Crippen LogP contribution in [-0.4, -0.2) is 31.1 Å². The maximum atomic E-state index is 5.95. The SMILES string of the molecule is CC(C)CC1CC(N)CN(C)C1. The molecule has 0 bridgehead atoms. The van der Waals surface area contributed by atoms with E-state index >= 15 is 0 Å². The molecular formula is C10H22N2. The van der Waals surface area contributed by atoms with E-state index in [2.05, 4.69) is 25.8 Å². The van der Waals surface area contributed by atoms with Gasteiger partial charge in [0, 0.05) is 19.1 Å². The molecule has 1 aliphatic heterocycles. The molecule has 1 saturated heterocycles. The fourth-order valence-electron chi connectivity index (χ4n) is 2.33. The van der Waals surface area contributed by atoms with E-state index in [1.54, 1.807) is 0 Å². The average molecular weight is 170 g/mol. The second-order valence-corrected chi connectivity index (χ2v) is 4.71. The summed E-state index contributed by atoms with van der Waals surface area (Å²) < 4.78 is 0. The first-order valence-electron chi connectivity index (χ1n) is 5.02. The first-order valence-corrected chi connectivity index (χ1v) is 5.02. The molecule has 2 N–H and O–H groups in total. The van der Waals surface area contributed by atoms with Crippen LogP contribution in [0.3, 0.4) is 0 Å². The van der Waals surface area contributed by atoms with Crippen molar-refractivity contribution in [3.05, 3.63) is 0 Å². The zero-order chi connectivity index (χ0) is 9.14. The van der Waals surface area contributed by atoms with Crippen LogP contribution in [0.1, 0.15) is 26.7 Å². The molecule has 1 rings (SSSR count). The number of likely N-dealkylation sites (N-methyl/N-ethyl adjacent to an activating group) is 1. The van der Waals surface area contributed by atoms with Gasteiger partial charge in [0.2, 0.25) is 0 Å². The quantitative estimate of drug-likeness (QED) is 0.677. The molecule has 2 heteroatoms. The van der Waals surface area contributed by atoms with Crippen LogP contribution in [0.4, 0.5) is 0 Å². The number of nitrogens with two attached hydrogens (primary N) is 1. The van der Waals surface area contributed by atoms with E-state index in [1.807, 2.05) is 0 Å². The Morgan fingerprint density at radius 2 is 2.08 bits per heavy atom. The third-order valence-corrected chi connectivity index (χ3v) is 2.56. The molecule has 2 atom stereocenters. The third-order valence-electron chi connectivity index (χ3n) is 2.56. The molecule has 12 heavy (non-hydrogen) atoms. The zero-order valence-electron chi connectivity index (χ0n) is 8.59. The molecule has 0 saturated carbocycles. The minimum atomic E-state index is 0.410. The Balaban J connectivity index is 2.34. The lowest BCUT2D eigenvalue weighted by molar-refractivity contribution is 0.171. The largest absolute Gasteiger partial charge is 0.327 e. The first kappa shape index (κ1) is 10.0. The lowest BCUT2D eigenvalue weighted by Crippen LogP contribution is -2.45. The Morgan fingerprint density at radius 1 is 1.42 bits per heavy atom. The lowest BCUT2D eigenvalue weighted by atomic mass is 9.88. The van der Waals surface area contributed by atoms with Gasteiger partial charge in [0.25, 0.3) is 0 Å². The summed E-state index contributed by atoms with van der Waals surface area (Å²) in [6, 6.07) is 0.410. The lowest BCUT2D eigenvalue weighted by Gasteiger charge is -2.34. The highest BCUT2D eigenvalue weighted by molar-refractivity contribution is 4.79. The average Bonchev–Trinajstić information content (AvgIpc) is 1.81. The predicted molar refractivity (Wildman–Crippen MR) is 53.0 cm³/mol. The molecule has 0 aromatic carbocycles. The summed E-state index contributed by atoms with van der Waals surface area (Å²) in [5, 5.41) is 0. The fourth-order valence-corrected chi connectivity index (χ4v) is 2.33. The maximum Gasteiger partial charge on any atom is 0.0170 e. The van der Waals surface area contributed by atoms with Crippen molar-refractivity contribution in [3.63, 3.8) is 0 Å². The summed E-state index contributed by atoms with van der Waals surface area (Å²) in [6.07, 6.45) is 2.56. The van der Waals surface area contributed by atoms with Crippen LogP contribution in [0.5, 0.6) is 0 Å². The molecule has 0 aromatic heterocycles. The van der Waals surface area contributed by atoms with Crippen molar-refractivity contribution < 1.29 is 0 Å². The molecule has 2 unspecified atom stereocenters. The van der Waals surface area contributed by atoms with Gasteiger partial charge < -0.3 is 10.6 Å². The van der Waals surface area contributed by atoms with Crippen LogP contribution in [0.25, 0.3) is 0 Å². The number of piperidine rings is 1. The highest BCUT2D eigenvalue weighted by atomic mass is 15.1. The Labute approximate surface area is 76.1 Å². The van der Waals surface area contributed by atoms with Gasteiger partial charge in [-0.2, -0.15) is 0 Å². The Bertz CT molecular complexity index is 121. The van der Waals surface area contributed by atoms with Crippen molar-refractivity contribution in [3.8, 4) is 0 Å². The van der Waals surface area contributed by atoms with Crippen molar-refractivity contribution in [1.82, 2.24) is 4.90 Å². The van der Waals surface area contributed by atoms with Gasteiger partial charge in [-0.15, -0.1) is 0 Å². The van der Waals surface area contributed by atoms with Crippen molar-refractivity contribution in [2.75, 3.05) is 20.1 Å². The van der Waals surface area contributed by atoms with Crippen LogP contribution in [0.15, 0.2) is 0 Å². The molecule has 1 aliphatic rings. The van der Waals surface area contributed by atoms with Crippen molar-refractivity contribution in [2.45, 2.75) is 32.7 Å². The Kier molecular flexibility index (Phi) is 3.53. The van der Waals surface area contributed by atoms with Gasteiger partial charge in [-0.25, -0.2) is 0 Å². The molecule has 0 amide bonds. The second-order valence-electron chi connectivity index (χ2n) is 4.71. The number of rotatable bonds is 2. The fraction of sp³-hybridized carbons (Fsp3) is 1.00. The van der Waals surface area contributed by atoms with Gasteiger partial charge in [0.1, 0.15) is 0 Å². The maximum absolute atomic E-state index is 5.95. The highest BCUT2D eigenvalue weighted by Gasteiger charge is 2.22. The predicted octanol–water partition coefficient (Wildman–Crippen LogP) is 1.31. The number of nitrogens with zero attached hydrogens (tertiary/aromatic N) is 1. The van der Waals surface area contributed by atoms with E-state index in [0.29, 0.717) is 6.04 Å². The topological polar surface area (TPSA) is 29.3 Å². The summed E-state index contributed by atoms with van der Waals surface area (Å²) in [7, 11) is 2.17. The molecule has 1 heterocycles. The van der Waals surface area contributed by atoms with E-state index in [0.717, 1.165) is 18.4 Å². The summed E-state index contributed by atoms with van der Waals surface area (Å²) in [5.74, 6) is 1.65. The Morgan fingerprint density at radius 3 is 2.58 bits per heavy atom. The molecule has 2 nitrogen and oxygen atoms in total. The zero-order valence-corrected chi connectivity index (χ0v) is 8.59. The van der Waals surface area contributed by atoms with E-state index in [-0.39, 0.29) is 0 Å². The van der Waals surface area contributed by atoms with E-state index in [1.165, 1.54) is 19.4 Å². The minimum Gasteiger partial charge on any atom is -0.327 e. The molecule has 1 fully saturated rings. The smallest absolute Gasteiger partial charge is 0.0170 e. The number of hydrogen-bond acceptors (Lipinski definition) is 2. The molecule has 0 radical (unpaired) electrons. The van der Waals surface area contributed by atoms with E-state index in [4.69, 9.17) is 5.73 Å². The summed E-state index contributed by atoms with van der Waals surface area (Å²) >= 11 is 0. The van der Waals surface area contributed by atoms with Crippen molar-refractivity contribution in [2.24, 2.45) is 17.6 Å². The monoisotopic (exact) mass is 170 g/mol. The Hall–Kier alpha value is -0.0800. The van der Waals surface area contributed by atoms with Crippen LogP contribution >= 0.6 is 0 Å². The highest BCUT2D eigenvalue weighted by Crippen LogP contribution is 2.21. The molecular weight excluding hydrogens is 148 g/mol. The van der Waals surface area contributed by atoms with Crippen molar-refractivity contribution >= 4 is 0 Å². The van der Waals surface area contributed by atoms with Gasteiger partial charge in [0.05, 0.1) is 0 Å².